The Morgan fingerprint density at radius 3 is 2.18 bits per heavy atom. The largest absolute Gasteiger partial charge is 0.299 e. The van der Waals surface area contributed by atoms with Crippen LogP contribution in [0.25, 0.3) is 0 Å². The van der Waals surface area contributed by atoms with E-state index in [-0.39, 0.29) is 0 Å². The molecule has 0 aliphatic rings. The lowest BCUT2D eigenvalue weighted by Gasteiger charge is -2.09. The summed E-state index contributed by atoms with van der Waals surface area (Å²) in [6, 6.07) is 0. The lowest BCUT2D eigenvalue weighted by molar-refractivity contribution is 0.413. The van der Waals surface area contributed by atoms with E-state index in [1.54, 1.807) is 0 Å². The first-order valence-electron chi connectivity index (χ1n) is 3.72. The summed E-state index contributed by atoms with van der Waals surface area (Å²) in [5, 5.41) is 0. The molecule has 0 spiro atoms. The predicted octanol–water partition coefficient (Wildman–Crippen LogP) is 2.48. The molecule has 0 saturated carbocycles. The van der Waals surface area contributed by atoms with Crippen molar-refractivity contribution in [3.05, 3.63) is 38.0 Å². The fraction of sp³-hybridized carbons (Fsp3) is 0.400. The molecule has 0 rings (SSSR count). The Kier molecular flexibility index (Phi) is 13.9. The summed E-state index contributed by atoms with van der Waals surface area (Å²) < 4.78 is 0. The molecule has 0 saturated heterocycles. The van der Waals surface area contributed by atoms with E-state index in [0.29, 0.717) is 0 Å². The number of allylic oxidation sites excluding steroid dienone is 1. The summed E-state index contributed by atoms with van der Waals surface area (Å²) in [6.07, 6.45) is 6.09. The minimum absolute atomic E-state index is 0.963. The average molecular weight is 153 g/mol. The number of hydrogen-bond donors (Lipinski definition) is 0. The van der Waals surface area contributed by atoms with Gasteiger partial charge in [0.2, 0.25) is 0 Å². The zero-order valence-corrected chi connectivity index (χ0v) is 7.71. The molecular weight excluding hydrogens is 134 g/mol. The molecule has 0 aliphatic carbocycles. The maximum atomic E-state index is 3.64. The van der Waals surface area contributed by atoms with E-state index in [1.807, 2.05) is 13.0 Å². The first kappa shape index (κ1) is 12.8. The van der Waals surface area contributed by atoms with E-state index in [0.717, 1.165) is 13.1 Å². The van der Waals surface area contributed by atoms with Gasteiger partial charge in [-0.3, -0.25) is 4.90 Å². The molecule has 0 fully saturated rings. The number of rotatable bonds is 4. The van der Waals surface area contributed by atoms with Crippen molar-refractivity contribution in [2.75, 3.05) is 20.1 Å². The second kappa shape index (κ2) is 11.9. The van der Waals surface area contributed by atoms with E-state index in [4.69, 9.17) is 0 Å². The topological polar surface area (TPSA) is 3.24 Å². The van der Waals surface area contributed by atoms with Crippen LogP contribution >= 0.6 is 0 Å². The SMILES string of the molecule is C=C.C=CCN(C)CC=CC. The molecule has 0 heterocycles. The number of likely N-dealkylation sites (N-methyl/N-ethyl adjacent to an activating group) is 1. The van der Waals surface area contributed by atoms with E-state index < -0.39 is 0 Å². The predicted molar refractivity (Wildman–Crippen MR) is 53.8 cm³/mol. The van der Waals surface area contributed by atoms with Gasteiger partial charge in [0, 0.05) is 13.1 Å². The Balaban J connectivity index is 0. The molecule has 64 valence electrons. The maximum absolute atomic E-state index is 3.64. The second-order valence-corrected chi connectivity index (χ2v) is 2.08. The molecule has 0 radical (unpaired) electrons. The van der Waals surface area contributed by atoms with Crippen LogP contribution in [0.4, 0.5) is 0 Å². The van der Waals surface area contributed by atoms with Crippen LogP contribution in [0.5, 0.6) is 0 Å². The number of nitrogens with zero attached hydrogens (tertiary/aromatic N) is 1. The van der Waals surface area contributed by atoms with Crippen LogP contribution in [0.15, 0.2) is 38.0 Å². The van der Waals surface area contributed by atoms with Crippen molar-refractivity contribution >= 4 is 0 Å². The summed E-state index contributed by atoms with van der Waals surface area (Å²) in [5.74, 6) is 0. The van der Waals surface area contributed by atoms with Crippen LogP contribution in [-0.2, 0) is 0 Å². The van der Waals surface area contributed by atoms with Crippen LogP contribution < -0.4 is 0 Å². The smallest absolute Gasteiger partial charge is 0.0163 e. The Labute approximate surface area is 70.7 Å². The lowest BCUT2D eigenvalue weighted by atomic mass is 10.4. The van der Waals surface area contributed by atoms with Crippen molar-refractivity contribution in [2.24, 2.45) is 0 Å². The summed E-state index contributed by atoms with van der Waals surface area (Å²) >= 11 is 0. The highest BCUT2D eigenvalue weighted by Crippen LogP contribution is 1.82. The highest BCUT2D eigenvalue weighted by molar-refractivity contribution is 4.82. The average Bonchev–Trinajstić information content (AvgIpc) is 2.05. The molecule has 11 heavy (non-hydrogen) atoms. The summed E-state index contributed by atoms with van der Waals surface area (Å²) in [6.45, 7) is 13.7. The number of hydrogen-bond acceptors (Lipinski definition) is 1. The fourth-order valence-electron chi connectivity index (χ4n) is 0.580. The van der Waals surface area contributed by atoms with Gasteiger partial charge in [-0.1, -0.05) is 18.2 Å². The van der Waals surface area contributed by atoms with Crippen molar-refractivity contribution in [2.45, 2.75) is 6.92 Å². The molecule has 0 unspecified atom stereocenters. The highest BCUT2D eigenvalue weighted by atomic mass is 15.1. The van der Waals surface area contributed by atoms with Crippen molar-refractivity contribution < 1.29 is 0 Å². The second-order valence-electron chi connectivity index (χ2n) is 2.08. The van der Waals surface area contributed by atoms with Crippen LogP contribution in [0.2, 0.25) is 0 Å². The molecule has 1 heteroatoms. The maximum Gasteiger partial charge on any atom is 0.0163 e. The highest BCUT2D eigenvalue weighted by Gasteiger charge is 1.86. The van der Waals surface area contributed by atoms with Gasteiger partial charge in [-0.2, -0.15) is 0 Å². The molecule has 0 N–H and O–H groups in total. The molecule has 1 nitrogen and oxygen atoms in total. The van der Waals surface area contributed by atoms with Crippen molar-refractivity contribution in [1.29, 1.82) is 0 Å². The zero-order valence-electron chi connectivity index (χ0n) is 7.71. The molecule has 0 aromatic carbocycles. The van der Waals surface area contributed by atoms with E-state index >= 15 is 0 Å². The van der Waals surface area contributed by atoms with Gasteiger partial charge in [-0.05, 0) is 14.0 Å². The van der Waals surface area contributed by atoms with Gasteiger partial charge in [-0.25, -0.2) is 0 Å². The Hall–Kier alpha value is -0.820. The van der Waals surface area contributed by atoms with E-state index in [2.05, 4.69) is 43.8 Å². The fourth-order valence-corrected chi connectivity index (χ4v) is 0.580. The summed E-state index contributed by atoms with van der Waals surface area (Å²) in [7, 11) is 2.07. The van der Waals surface area contributed by atoms with E-state index in [1.165, 1.54) is 0 Å². The third-order valence-electron chi connectivity index (χ3n) is 1.09. The van der Waals surface area contributed by atoms with Gasteiger partial charge in [0.05, 0.1) is 0 Å². The van der Waals surface area contributed by atoms with Crippen LogP contribution in [0.1, 0.15) is 6.92 Å². The van der Waals surface area contributed by atoms with Crippen molar-refractivity contribution in [3.63, 3.8) is 0 Å². The minimum Gasteiger partial charge on any atom is -0.299 e. The monoisotopic (exact) mass is 153 g/mol. The standard InChI is InChI=1S/C8H15N.C2H4/c1-4-6-8-9(3)7-5-2;1-2/h4-6H,2,7-8H2,1,3H3;1-2H2. The Morgan fingerprint density at radius 2 is 1.82 bits per heavy atom. The third-order valence-corrected chi connectivity index (χ3v) is 1.09. The van der Waals surface area contributed by atoms with E-state index in [9.17, 15) is 0 Å². The molecule has 0 aromatic heterocycles. The van der Waals surface area contributed by atoms with Crippen molar-refractivity contribution in [1.82, 2.24) is 4.90 Å². The van der Waals surface area contributed by atoms with Crippen LogP contribution in [0, 0.1) is 0 Å². The van der Waals surface area contributed by atoms with Crippen molar-refractivity contribution in [3.8, 4) is 0 Å². The molecule has 0 aliphatic heterocycles. The van der Waals surface area contributed by atoms with Gasteiger partial charge >= 0.3 is 0 Å². The van der Waals surface area contributed by atoms with Gasteiger partial charge < -0.3 is 0 Å². The summed E-state index contributed by atoms with van der Waals surface area (Å²) in [5.41, 5.74) is 0. The molecular formula is C10H19N. The normalized spacial score (nSPS) is 9.36. The lowest BCUT2D eigenvalue weighted by Crippen LogP contribution is -2.17. The van der Waals surface area contributed by atoms with Crippen LogP contribution in [0.3, 0.4) is 0 Å². The van der Waals surface area contributed by atoms with Gasteiger partial charge in [0.25, 0.3) is 0 Å². The van der Waals surface area contributed by atoms with Crippen LogP contribution in [-0.4, -0.2) is 25.0 Å². The van der Waals surface area contributed by atoms with Gasteiger partial charge in [-0.15, -0.1) is 19.7 Å². The molecule has 0 atom stereocenters. The first-order valence-corrected chi connectivity index (χ1v) is 3.72. The van der Waals surface area contributed by atoms with Gasteiger partial charge in [0.1, 0.15) is 0 Å². The molecule has 0 amide bonds. The van der Waals surface area contributed by atoms with Gasteiger partial charge in [0.15, 0.2) is 0 Å². The first-order chi connectivity index (χ1) is 5.31. The summed E-state index contributed by atoms with van der Waals surface area (Å²) in [4.78, 5) is 2.19. The Bertz CT molecular complexity index is 105. The molecule has 0 aromatic rings. The third kappa shape index (κ3) is 12.4. The zero-order chi connectivity index (χ0) is 9.11. The Morgan fingerprint density at radius 1 is 1.27 bits per heavy atom. The minimum atomic E-state index is 0.963. The quantitative estimate of drug-likeness (QED) is 0.561. The molecule has 0 bridgehead atoms.